The van der Waals surface area contributed by atoms with Gasteiger partial charge in [-0.25, -0.2) is 4.98 Å². The van der Waals surface area contributed by atoms with Gasteiger partial charge in [0.1, 0.15) is 11.6 Å². The van der Waals surface area contributed by atoms with Crippen LogP contribution in [0.25, 0.3) is 10.2 Å². The molecule has 0 amide bonds. The summed E-state index contributed by atoms with van der Waals surface area (Å²) in [6, 6.07) is 11.8. The van der Waals surface area contributed by atoms with Crippen molar-refractivity contribution in [1.29, 1.82) is 0 Å². The van der Waals surface area contributed by atoms with Gasteiger partial charge < -0.3 is 4.74 Å². The van der Waals surface area contributed by atoms with Crippen LogP contribution in [0.5, 0.6) is 0 Å². The second kappa shape index (κ2) is 5.50. The number of para-hydroxylation sites is 1. The number of carbonyl (C=O) groups excluding carboxylic acids is 1. The Morgan fingerprint density at radius 2 is 2.11 bits per heavy atom. The van der Waals surface area contributed by atoms with Crippen LogP contribution in [-0.4, -0.2) is 11.0 Å². The van der Waals surface area contributed by atoms with Gasteiger partial charge in [-0.05, 0) is 23.6 Å². The summed E-state index contributed by atoms with van der Waals surface area (Å²) in [6.07, 6.45) is 0.336. The third-order valence-electron chi connectivity index (χ3n) is 2.59. The minimum Gasteiger partial charge on any atom is -0.458 e. The molecule has 2 heterocycles. The average molecular weight is 289 g/mol. The predicted octanol–water partition coefficient (Wildman–Crippen LogP) is 3.64. The molecule has 5 heteroatoms. The molecule has 0 aliphatic heterocycles. The van der Waals surface area contributed by atoms with Gasteiger partial charge in [-0.2, -0.15) is 0 Å². The molecule has 0 fully saturated rings. The highest BCUT2D eigenvalue weighted by Gasteiger charge is 2.08. The van der Waals surface area contributed by atoms with Crippen LogP contribution in [0.3, 0.4) is 0 Å². The van der Waals surface area contributed by atoms with Crippen molar-refractivity contribution in [3.8, 4) is 0 Å². The number of hydrogen-bond donors (Lipinski definition) is 0. The summed E-state index contributed by atoms with van der Waals surface area (Å²) in [5.74, 6) is -0.207. The molecule has 0 saturated carbocycles. The van der Waals surface area contributed by atoms with E-state index in [2.05, 4.69) is 4.98 Å². The number of aromatic nitrogens is 1. The van der Waals surface area contributed by atoms with Crippen molar-refractivity contribution in [2.75, 3.05) is 0 Å². The summed E-state index contributed by atoms with van der Waals surface area (Å²) in [7, 11) is 0. The number of thiophene rings is 1. The summed E-state index contributed by atoms with van der Waals surface area (Å²) in [5, 5.41) is 2.79. The van der Waals surface area contributed by atoms with Crippen LogP contribution in [0, 0.1) is 0 Å². The van der Waals surface area contributed by atoms with Gasteiger partial charge in [-0.3, -0.25) is 4.79 Å². The van der Waals surface area contributed by atoms with E-state index in [1.165, 1.54) is 0 Å². The first kappa shape index (κ1) is 12.3. The minimum atomic E-state index is -0.207. The number of hydrogen-bond acceptors (Lipinski definition) is 5. The zero-order chi connectivity index (χ0) is 13.1. The molecular weight excluding hydrogens is 278 g/mol. The lowest BCUT2D eigenvalue weighted by Gasteiger charge is -2.00. The van der Waals surface area contributed by atoms with Crippen molar-refractivity contribution < 1.29 is 9.53 Å². The van der Waals surface area contributed by atoms with E-state index in [0.29, 0.717) is 6.42 Å². The quantitative estimate of drug-likeness (QED) is 0.688. The topological polar surface area (TPSA) is 39.2 Å². The van der Waals surface area contributed by atoms with E-state index in [1.54, 1.807) is 22.7 Å². The molecule has 0 atom stereocenters. The molecule has 0 N–H and O–H groups in total. The van der Waals surface area contributed by atoms with E-state index in [0.717, 1.165) is 20.1 Å². The Morgan fingerprint density at radius 3 is 2.89 bits per heavy atom. The van der Waals surface area contributed by atoms with E-state index in [-0.39, 0.29) is 12.6 Å². The highest BCUT2D eigenvalue weighted by Crippen LogP contribution is 2.22. The smallest absolute Gasteiger partial charge is 0.311 e. The molecule has 2 aromatic heterocycles. The number of thiazole rings is 1. The van der Waals surface area contributed by atoms with Crippen molar-refractivity contribution >= 4 is 38.9 Å². The van der Waals surface area contributed by atoms with Gasteiger partial charge in [-0.15, -0.1) is 22.7 Å². The maximum Gasteiger partial charge on any atom is 0.311 e. The lowest BCUT2D eigenvalue weighted by Crippen LogP contribution is -2.06. The molecule has 0 unspecified atom stereocenters. The van der Waals surface area contributed by atoms with Crippen LogP contribution in [0.4, 0.5) is 0 Å². The van der Waals surface area contributed by atoms with Gasteiger partial charge in [0.05, 0.1) is 16.6 Å². The minimum absolute atomic E-state index is 0.207. The maximum atomic E-state index is 11.7. The van der Waals surface area contributed by atoms with Gasteiger partial charge in [0.25, 0.3) is 0 Å². The largest absolute Gasteiger partial charge is 0.458 e. The average Bonchev–Trinajstić information content (AvgIpc) is 3.04. The third-order valence-corrected chi connectivity index (χ3v) is 4.48. The molecule has 96 valence electrons. The van der Waals surface area contributed by atoms with Gasteiger partial charge in [0, 0.05) is 4.88 Å². The molecule has 19 heavy (non-hydrogen) atoms. The molecule has 0 aliphatic carbocycles. The molecule has 0 bridgehead atoms. The summed E-state index contributed by atoms with van der Waals surface area (Å²) < 4.78 is 6.36. The van der Waals surface area contributed by atoms with E-state index in [1.807, 2.05) is 41.8 Å². The standard InChI is InChI=1S/C14H11NO2S2/c16-14(8-10-4-3-7-18-10)17-9-13-15-11-5-1-2-6-12(11)19-13/h1-7H,8-9H2. The van der Waals surface area contributed by atoms with Crippen LogP contribution in [0.15, 0.2) is 41.8 Å². The molecule has 3 rings (SSSR count). The Hall–Kier alpha value is -1.72. The predicted molar refractivity (Wildman–Crippen MR) is 77.4 cm³/mol. The van der Waals surface area contributed by atoms with Crippen molar-refractivity contribution in [3.63, 3.8) is 0 Å². The first-order chi connectivity index (χ1) is 9.31. The van der Waals surface area contributed by atoms with Crippen LogP contribution in [0.1, 0.15) is 9.88 Å². The highest BCUT2D eigenvalue weighted by atomic mass is 32.1. The van der Waals surface area contributed by atoms with E-state index < -0.39 is 0 Å². The Kier molecular flexibility index (Phi) is 3.57. The summed E-state index contributed by atoms with van der Waals surface area (Å²) in [4.78, 5) is 17.1. The number of esters is 1. The SMILES string of the molecule is O=C(Cc1cccs1)OCc1nc2ccccc2s1. The molecule has 1 aromatic carbocycles. The van der Waals surface area contributed by atoms with Crippen molar-refractivity contribution in [1.82, 2.24) is 4.98 Å². The first-order valence-corrected chi connectivity index (χ1v) is 7.53. The fourth-order valence-electron chi connectivity index (χ4n) is 1.73. The number of fused-ring (bicyclic) bond motifs is 1. The zero-order valence-electron chi connectivity index (χ0n) is 10.0. The Labute approximate surface area is 118 Å². The number of ether oxygens (including phenoxy) is 1. The summed E-state index contributed by atoms with van der Waals surface area (Å²) in [6.45, 7) is 0.254. The number of nitrogens with zero attached hydrogens (tertiary/aromatic N) is 1. The van der Waals surface area contributed by atoms with E-state index in [4.69, 9.17) is 4.74 Å². The molecule has 0 spiro atoms. The van der Waals surface area contributed by atoms with Crippen molar-refractivity contribution in [3.05, 3.63) is 51.7 Å². The Bertz CT molecular complexity index is 655. The molecule has 0 radical (unpaired) electrons. The second-order valence-electron chi connectivity index (χ2n) is 3.99. The fourth-order valence-corrected chi connectivity index (χ4v) is 3.30. The summed E-state index contributed by atoms with van der Waals surface area (Å²) >= 11 is 3.12. The normalized spacial score (nSPS) is 10.7. The van der Waals surface area contributed by atoms with Gasteiger partial charge in [0.15, 0.2) is 0 Å². The molecule has 3 aromatic rings. The van der Waals surface area contributed by atoms with E-state index >= 15 is 0 Å². The fraction of sp³-hybridized carbons (Fsp3) is 0.143. The number of benzene rings is 1. The Morgan fingerprint density at radius 1 is 1.21 bits per heavy atom. The van der Waals surface area contributed by atoms with Crippen LogP contribution < -0.4 is 0 Å². The van der Waals surface area contributed by atoms with Crippen LogP contribution in [0.2, 0.25) is 0 Å². The lowest BCUT2D eigenvalue weighted by molar-refractivity contribution is -0.144. The monoisotopic (exact) mass is 289 g/mol. The lowest BCUT2D eigenvalue weighted by atomic mass is 10.3. The molecule has 3 nitrogen and oxygen atoms in total. The summed E-state index contributed by atoms with van der Waals surface area (Å²) in [5.41, 5.74) is 0.955. The second-order valence-corrected chi connectivity index (χ2v) is 6.14. The molecular formula is C14H11NO2S2. The third kappa shape index (κ3) is 3.00. The molecule has 0 saturated heterocycles. The van der Waals surface area contributed by atoms with Gasteiger partial charge >= 0.3 is 5.97 Å². The van der Waals surface area contributed by atoms with Crippen LogP contribution in [-0.2, 0) is 22.6 Å². The van der Waals surface area contributed by atoms with Crippen LogP contribution >= 0.6 is 22.7 Å². The number of carbonyl (C=O) groups is 1. The van der Waals surface area contributed by atoms with E-state index in [9.17, 15) is 4.79 Å². The number of rotatable bonds is 4. The maximum absolute atomic E-state index is 11.7. The first-order valence-electron chi connectivity index (χ1n) is 5.84. The van der Waals surface area contributed by atoms with Crippen molar-refractivity contribution in [2.24, 2.45) is 0 Å². The van der Waals surface area contributed by atoms with Gasteiger partial charge in [-0.1, -0.05) is 18.2 Å². The zero-order valence-corrected chi connectivity index (χ0v) is 11.7. The van der Waals surface area contributed by atoms with Gasteiger partial charge in [0.2, 0.25) is 0 Å². The Balaban J connectivity index is 1.61. The van der Waals surface area contributed by atoms with Crippen molar-refractivity contribution in [2.45, 2.75) is 13.0 Å². The molecule has 0 aliphatic rings. The highest BCUT2D eigenvalue weighted by molar-refractivity contribution is 7.18.